The molecule has 0 bridgehead atoms. The summed E-state index contributed by atoms with van der Waals surface area (Å²) in [7, 11) is -3.79. The Balaban J connectivity index is 1.54. The second-order valence-electron chi connectivity index (χ2n) is 10.5. The number of amides is 1. The fraction of sp³-hybridized carbons (Fsp3) is 0.414. The fourth-order valence-corrected chi connectivity index (χ4v) is 7.02. The quantitative estimate of drug-likeness (QED) is 0.314. The van der Waals surface area contributed by atoms with Crippen LogP contribution in [0, 0.1) is 0 Å². The van der Waals surface area contributed by atoms with E-state index in [0.717, 1.165) is 23.0 Å². The van der Waals surface area contributed by atoms with E-state index in [1.54, 1.807) is 16.1 Å². The topological polar surface area (TPSA) is 145 Å². The molecule has 3 N–H and O–H groups in total. The Kier molecular flexibility index (Phi) is 9.51. The van der Waals surface area contributed by atoms with Crippen molar-refractivity contribution >= 4 is 37.5 Å². The van der Waals surface area contributed by atoms with Gasteiger partial charge in [0.2, 0.25) is 15.9 Å². The van der Waals surface area contributed by atoms with Crippen molar-refractivity contribution in [3.05, 3.63) is 68.5 Å². The lowest BCUT2D eigenvalue weighted by Gasteiger charge is -2.33. The zero-order valence-corrected chi connectivity index (χ0v) is 26.7. The molecule has 3 heterocycles. The van der Waals surface area contributed by atoms with Crippen molar-refractivity contribution in [1.29, 1.82) is 0 Å². The smallest absolute Gasteiger partial charge is 0.276 e. The number of hydrogen-bond acceptors (Lipinski definition) is 9. The molecule has 0 atom stereocenters. The summed E-state index contributed by atoms with van der Waals surface area (Å²) in [5, 5.41) is 3.40. The number of likely N-dealkylation sites (N-methyl/N-ethyl adjacent to an activating group) is 1. The Morgan fingerprint density at radius 2 is 1.81 bits per heavy atom. The second kappa shape index (κ2) is 13.1. The Hall–Kier alpha value is -3.30. The number of anilines is 1. The van der Waals surface area contributed by atoms with Gasteiger partial charge in [0.05, 0.1) is 42.4 Å². The van der Waals surface area contributed by atoms with Gasteiger partial charge < -0.3 is 20.4 Å². The summed E-state index contributed by atoms with van der Waals surface area (Å²) >= 11 is 3.43. The molecule has 2 aliphatic rings. The molecule has 14 heteroatoms. The third-order valence-corrected chi connectivity index (χ3v) is 9.99. The van der Waals surface area contributed by atoms with Gasteiger partial charge in [-0.25, -0.2) is 18.4 Å². The summed E-state index contributed by atoms with van der Waals surface area (Å²) in [6.07, 6.45) is 0.739. The number of fused-ring (bicyclic) bond motifs is 1. The molecule has 3 aromatic rings. The van der Waals surface area contributed by atoms with Crippen LogP contribution in [0.3, 0.4) is 0 Å². The van der Waals surface area contributed by atoms with Gasteiger partial charge in [-0.2, -0.15) is 4.31 Å². The lowest BCUT2D eigenvalue weighted by atomic mass is 10.1. The first-order chi connectivity index (χ1) is 20.6. The minimum absolute atomic E-state index is 0.103. The minimum atomic E-state index is -3.79. The first-order valence-electron chi connectivity index (χ1n) is 14.3. The van der Waals surface area contributed by atoms with Crippen LogP contribution in [0.25, 0.3) is 11.4 Å². The van der Waals surface area contributed by atoms with E-state index in [0.29, 0.717) is 62.0 Å². The molecule has 2 aliphatic heterocycles. The van der Waals surface area contributed by atoms with Crippen LogP contribution in [0.1, 0.15) is 31.5 Å². The lowest BCUT2D eigenvalue weighted by Crippen LogP contribution is -2.48. The van der Waals surface area contributed by atoms with E-state index in [2.05, 4.69) is 32.7 Å². The number of hydrogen-bond donors (Lipinski definition) is 2. The Morgan fingerprint density at radius 1 is 1.09 bits per heavy atom. The highest BCUT2D eigenvalue weighted by Crippen LogP contribution is 2.34. The number of H-pyrrole nitrogens is 1. The first kappa shape index (κ1) is 31.1. The molecular weight excluding hydrogens is 638 g/mol. The van der Waals surface area contributed by atoms with Gasteiger partial charge in [-0.15, -0.1) is 0 Å². The van der Waals surface area contributed by atoms with E-state index in [1.165, 1.54) is 16.4 Å². The van der Waals surface area contributed by atoms with Gasteiger partial charge in [-0.1, -0.05) is 41.9 Å². The van der Waals surface area contributed by atoms with Crippen molar-refractivity contribution in [1.82, 2.24) is 24.2 Å². The van der Waals surface area contributed by atoms with E-state index in [1.807, 2.05) is 31.2 Å². The zero-order chi connectivity index (χ0) is 30.7. The number of benzene rings is 2. The number of nitrogens with zero attached hydrogens (tertiary/aromatic N) is 5. The summed E-state index contributed by atoms with van der Waals surface area (Å²) in [5.74, 6) is 0.0591. The monoisotopic (exact) mass is 673 g/mol. The molecule has 0 unspecified atom stereocenters. The third kappa shape index (κ3) is 6.78. The molecule has 1 saturated heterocycles. The van der Waals surface area contributed by atoms with Gasteiger partial charge >= 0.3 is 0 Å². The Labute approximate surface area is 259 Å². The van der Waals surface area contributed by atoms with Crippen LogP contribution in [-0.4, -0.2) is 84.4 Å². The summed E-state index contributed by atoms with van der Waals surface area (Å²) in [6, 6.07) is 12.3. The van der Waals surface area contributed by atoms with Crippen LogP contribution in [0.2, 0.25) is 0 Å². The molecule has 0 spiro atoms. The summed E-state index contributed by atoms with van der Waals surface area (Å²) in [4.78, 5) is 35.5. The van der Waals surface area contributed by atoms with Crippen LogP contribution in [0.4, 0.5) is 5.69 Å². The number of carbonyl (C=O) groups excluding carboxylic acids is 1. The molecule has 1 amide bonds. The molecule has 12 nitrogen and oxygen atoms in total. The van der Waals surface area contributed by atoms with E-state index >= 15 is 0 Å². The molecular formula is C29H36BrN7O5S. The number of primary amides is 1. The number of halogens is 1. The fourth-order valence-electron chi connectivity index (χ4n) is 5.31. The van der Waals surface area contributed by atoms with Crippen molar-refractivity contribution in [2.75, 3.05) is 50.9 Å². The highest BCUT2D eigenvalue weighted by atomic mass is 79.9. The van der Waals surface area contributed by atoms with Crippen LogP contribution in [0.5, 0.6) is 5.75 Å². The van der Waals surface area contributed by atoms with Crippen molar-refractivity contribution in [3.63, 3.8) is 0 Å². The summed E-state index contributed by atoms with van der Waals surface area (Å²) in [6.45, 7) is 7.83. The Bertz CT molecular complexity index is 1640. The first-order valence-corrected chi connectivity index (χ1v) is 16.5. The maximum Gasteiger partial charge on any atom is 0.276 e. The van der Waals surface area contributed by atoms with Crippen molar-refractivity contribution in [2.45, 2.75) is 38.3 Å². The molecule has 5 rings (SSSR count). The molecule has 0 saturated carbocycles. The largest absolute Gasteiger partial charge is 0.493 e. The normalized spacial score (nSPS) is 16.4. The zero-order valence-electron chi connectivity index (χ0n) is 24.3. The molecule has 230 valence electrons. The predicted molar refractivity (Wildman–Crippen MR) is 167 cm³/mol. The number of aromatic nitrogens is 2. The number of rotatable bonds is 11. The molecule has 0 radical (unpaired) electrons. The van der Waals surface area contributed by atoms with Gasteiger partial charge in [0.1, 0.15) is 17.3 Å². The number of nitrogens with one attached hydrogen (secondary N) is 1. The number of sulfonamides is 1. The molecule has 43 heavy (non-hydrogen) atoms. The van der Waals surface area contributed by atoms with Crippen molar-refractivity contribution < 1.29 is 17.9 Å². The third-order valence-electron chi connectivity index (χ3n) is 7.57. The average Bonchev–Trinajstić information content (AvgIpc) is 3.33. The van der Waals surface area contributed by atoms with Crippen LogP contribution in [0.15, 0.2) is 56.6 Å². The predicted octanol–water partition coefficient (Wildman–Crippen LogP) is 2.54. The number of carbonyl (C=O) groups is 1. The van der Waals surface area contributed by atoms with Gasteiger partial charge in [0, 0.05) is 30.7 Å². The summed E-state index contributed by atoms with van der Waals surface area (Å²) in [5.41, 5.74) is 7.16. The van der Waals surface area contributed by atoms with Crippen LogP contribution >= 0.6 is 15.9 Å². The Morgan fingerprint density at radius 3 is 2.47 bits per heavy atom. The molecule has 1 aromatic heterocycles. The highest BCUT2D eigenvalue weighted by Gasteiger charge is 2.34. The SMILES string of the molecule is CCCOc1ccc(S(=O)(=O)N2CCN(CC)CC2)cc1-c1nc2c(c(=O)[nH]1)N(Cc1ccc(Br)cc1)N(CC(N)=O)C2. The average molecular weight is 675 g/mol. The number of ether oxygens (including phenoxy) is 1. The molecule has 1 fully saturated rings. The number of aromatic amines is 1. The molecule has 2 aromatic carbocycles. The number of piperazine rings is 1. The van der Waals surface area contributed by atoms with Crippen LogP contribution in [-0.2, 0) is 27.9 Å². The van der Waals surface area contributed by atoms with E-state index < -0.39 is 21.5 Å². The van der Waals surface area contributed by atoms with Crippen molar-refractivity contribution in [2.24, 2.45) is 5.73 Å². The second-order valence-corrected chi connectivity index (χ2v) is 13.4. The maximum absolute atomic E-state index is 13.6. The summed E-state index contributed by atoms with van der Waals surface area (Å²) < 4.78 is 35.7. The standard InChI is InChI=1S/C29H36BrN7O5S/c1-3-15-42-25-10-9-22(43(40,41)36-13-11-34(4-2)12-14-36)16-23(25)28-32-24-18-35(19-26(31)38)37(27(24)29(39)33-28)17-20-5-7-21(30)8-6-20/h5-10,16H,3-4,11-15,17-19H2,1-2H3,(H2,31,38)(H,32,33,39). The van der Waals surface area contributed by atoms with Crippen LogP contribution < -0.4 is 21.0 Å². The number of nitrogens with two attached hydrogens (primary N) is 1. The van der Waals surface area contributed by atoms with Gasteiger partial charge in [0.15, 0.2) is 0 Å². The van der Waals surface area contributed by atoms with Gasteiger partial charge in [0.25, 0.3) is 5.56 Å². The lowest BCUT2D eigenvalue weighted by molar-refractivity contribution is -0.119. The van der Waals surface area contributed by atoms with Gasteiger partial charge in [-0.3, -0.25) is 14.6 Å². The minimum Gasteiger partial charge on any atom is -0.493 e. The van der Waals surface area contributed by atoms with E-state index in [4.69, 9.17) is 15.5 Å². The number of hydrazine groups is 1. The highest BCUT2D eigenvalue weighted by molar-refractivity contribution is 9.10. The maximum atomic E-state index is 13.6. The van der Waals surface area contributed by atoms with Crippen molar-refractivity contribution in [3.8, 4) is 17.1 Å². The van der Waals surface area contributed by atoms with E-state index in [9.17, 15) is 18.0 Å². The van der Waals surface area contributed by atoms with Gasteiger partial charge in [-0.05, 0) is 48.9 Å². The van der Waals surface area contributed by atoms with E-state index in [-0.39, 0.29) is 23.8 Å². The molecule has 0 aliphatic carbocycles.